The van der Waals surface area contributed by atoms with Crippen molar-refractivity contribution in [3.05, 3.63) is 48.7 Å². The zero-order valence-corrected chi connectivity index (χ0v) is 6.35. The molecule has 1 heteroatoms. The van der Waals surface area contributed by atoms with Gasteiger partial charge in [0.2, 0.25) is 0 Å². The van der Waals surface area contributed by atoms with Crippen LogP contribution in [-0.4, -0.2) is 0 Å². The summed E-state index contributed by atoms with van der Waals surface area (Å²) in [6, 6.07) is 0. The quantitative estimate of drug-likeness (QED) is 0.589. The summed E-state index contributed by atoms with van der Waals surface area (Å²) >= 11 is 0. The van der Waals surface area contributed by atoms with Crippen LogP contribution in [0.25, 0.3) is 0 Å². The third-order valence-corrected chi connectivity index (χ3v) is 1.16. The SMILES string of the molecule is C=C/C=C(/N)C(=C)C(=C)C. The van der Waals surface area contributed by atoms with Crippen LogP contribution in [0.2, 0.25) is 0 Å². The maximum Gasteiger partial charge on any atom is 0.0383 e. The fourth-order valence-electron chi connectivity index (χ4n) is 0.474. The van der Waals surface area contributed by atoms with Crippen LogP contribution >= 0.6 is 0 Å². The van der Waals surface area contributed by atoms with Gasteiger partial charge in [-0.25, -0.2) is 0 Å². The number of hydrogen-bond acceptors (Lipinski definition) is 1. The highest BCUT2D eigenvalue weighted by molar-refractivity contribution is 5.41. The maximum atomic E-state index is 5.56. The molecule has 0 radical (unpaired) electrons. The molecule has 0 bridgehead atoms. The van der Waals surface area contributed by atoms with E-state index in [1.165, 1.54) is 0 Å². The molecule has 0 atom stereocenters. The molecule has 0 aromatic rings. The second-order valence-corrected chi connectivity index (χ2v) is 2.12. The Kier molecular flexibility index (Phi) is 3.26. The third kappa shape index (κ3) is 2.35. The van der Waals surface area contributed by atoms with Crippen molar-refractivity contribution in [3.63, 3.8) is 0 Å². The molecule has 0 saturated heterocycles. The van der Waals surface area contributed by atoms with Crippen molar-refractivity contribution in [3.8, 4) is 0 Å². The fraction of sp³-hybridized carbons (Fsp3) is 0.111. The zero-order valence-electron chi connectivity index (χ0n) is 6.35. The molecule has 0 saturated carbocycles. The fourth-order valence-corrected chi connectivity index (χ4v) is 0.474. The van der Waals surface area contributed by atoms with Gasteiger partial charge in [0.15, 0.2) is 0 Å². The van der Waals surface area contributed by atoms with E-state index in [2.05, 4.69) is 19.7 Å². The van der Waals surface area contributed by atoms with Crippen LogP contribution in [0, 0.1) is 0 Å². The van der Waals surface area contributed by atoms with E-state index < -0.39 is 0 Å². The van der Waals surface area contributed by atoms with E-state index in [1.807, 2.05) is 6.92 Å². The monoisotopic (exact) mass is 135 g/mol. The van der Waals surface area contributed by atoms with Crippen molar-refractivity contribution in [2.45, 2.75) is 6.92 Å². The Labute approximate surface area is 62.2 Å². The average molecular weight is 135 g/mol. The van der Waals surface area contributed by atoms with Crippen LogP contribution in [-0.2, 0) is 0 Å². The van der Waals surface area contributed by atoms with Crippen LogP contribution in [0.5, 0.6) is 0 Å². The molecule has 0 aliphatic heterocycles. The van der Waals surface area contributed by atoms with E-state index in [1.54, 1.807) is 12.2 Å². The molecule has 1 nitrogen and oxygen atoms in total. The van der Waals surface area contributed by atoms with Crippen LogP contribution in [0.4, 0.5) is 0 Å². The van der Waals surface area contributed by atoms with Crippen molar-refractivity contribution in [1.29, 1.82) is 0 Å². The summed E-state index contributed by atoms with van der Waals surface area (Å²) < 4.78 is 0. The van der Waals surface area contributed by atoms with Gasteiger partial charge in [-0.05, 0) is 24.1 Å². The van der Waals surface area contributed by atoms with Gasteiger partial charge in [-0.3, -0.25) is 0 Å². The molecule has 0 spiro atoms. The second kappa shape index (κ2) is 3.72. The zero-order chi connectivity index (χ0) is 8.15. The summed E-state index contributed by atoms with van der Waals surface area (Å²) in [4.78, 5) is 0. The Morgan fingerprint density at radius 2 is 1.90 bits per heavy atom. The molecule has 0 heterocycles. The average Bonchev–Trinajstić information content (AvgIpc) is 1.87. The van der Waals surface area contributed by atoms with E-state index in [0.29, 0.717) is 5.70 Å². The highest BCUT2D eigenvalue weighted by atomic mass is 14.6. The summed E-state index contributed by atoms with van der Waals surface area (Å²) in [6.45, 7) is 12.8. The number of hydrogen-bond donors (Lipinski definition) is 1. The Balaban J connectivity index is 4.36. The van der Waals surface area contributed by atoms with E-state index >= 15 is 0 Å². The first-order valence-corrected chi connectivity index (χ1v) is 3.03. The number of allylic oxidation sites excluding steroid dienone is 3. The van der Waals surface area contributed by atoms with Gasteiger partial charge in [0, 0.05) is 5.70 Å². The molecule has 54 valence electrons. The van der Waals surface area contributed by atoms with Gasteiger partial charge < -0.3 is 5.73 Å². The van der Waals surface area contributed by atoms with Crippen LogP contribution in [0.1, 0.15) is 6.92 Å². The highest BCUT2D eigenvalue weighted by Gasteiger charge is 1.94. The standard InChI is InChI=1S/C9H13N/c1-5-6-9(10)8(4)7(2)3/h5-6H,1-2,4,10H2,3H3/b9-6+. The minimum absolute atomic E-state index is 0.627. The molecule has 0 aromatic heterocycles. The molecule has 0 rings (SSSR count). The molecule has 0 aliphatic rings. The van der Waals surface area contributed by atoms with Crippen molar-refractivity contribution < 1.29 is 0 Å². The van der Waals surface area contributed by atoms with Crippen LogP contribution in [0.3, 0.4) is 0 Å². The van der Waals surface area contributed by atoms with Crippen LogP contribution in [0.15, 0.2) is 48.7 Å². The minimum atomic E-state index is 0.627. The number of rotatable bonds is 3. The Hall–Kier alpha value is -1.24. The minimum Gasteiger partial charge on any atom is -0.398 e. The summed E-state index contributed by atoms with van der Waals surface area (Å²) in [5.74, 6) is 0. The van der Waals surface area contributed by atoms with E-state index in [-0.39, 0.29) is 0 Å². The van der Waals surface area contributed by atoms with Gasteiger partial charge in [0.1, 0.15) is 0 Å². The van der Waals surface area contributed by atoms with Crippen molar-refractivity contribution in [2.24, 2.45) is 5.73 Å². The largest absolute Gasteiger partial charge is 0.398 e. The molecular formula is C9H13N. The van der Waals surface area contributed by atoms with Crippen molar-refractivity contribution >= 4 is 0 Å². The Morgan fingerprint density at radius 1 is 1.40 bits per heavy atom. The Morgan fingerprint density at radius 3 is 2.20 bits per heavy atom. The second-order valence-electron chi connectivity index (χ2n) is 2.12. The predicted molar refractivity (Wildman–Crippen MR) is 46.4 cm³/mol. The first kappa shape index (κ1) is 8.76. The van der Waals surface area contributed by atoms with Crippen molar-refractivity contribution in [1.82, 2.24) is 0 Å². The van der Waals surface area contributed by atoms with Gasteiger partial charge in [-0.1, -0.05) is 25.8 Å². The lowest BCUT2D eigenvalue weighted by atomic mass is 10.1. The summed E-state index contributed by atoms with van der Waals surface area (Å²) in [5.41, 5.74) is 7.85. The first-order chi connectivity index (χ1) is 4.59. The molecule has 0 aliphatic carbocycles. The molecular weight excluding hydrogens is 122 g/mol. The van der Waals surface area contributed by atoms with Gasteiger partial charge >= 0.3 is 0 Å². The van der Waals surface area contributed by atoms with E-state index in [4.69, 9.17) is 5.73 Å². The smallest absolute Gasteiger partial charge is 0.0383 e. The van der Waals surface area contributed by atoms with E-state index in [9.17, 15) is 0 Å². The van der Waals surface area contributed by atoms with Crippen LogP contribution < -0.4 is 5.73 Å². The molecule has 0 unspecified atom stereocenters. The first-order valence-electron chi connectivity index (χ1n) is 3.03. The molecule has 0 aromatic carbocycles. The number of nitrogens with two attached hydrogens (primary N) is 1. The summed E-state index contributed by atoms with van der Waals surface area (Å²) in [7, 11) is 0. The third-order valence-electron chi connectivity index (χ3n) is 1.16. The molecule has 2 N–H and O–H groups in total. The maximum absolute atomic E-state index is 5.56. The molecule has 0 fully saturated rings. The lowest BCUT2D eigenvalue weighted by Gasteiger charge is -2.02. The predicted octanol–water partition coefficient (Wildman–Crippen LogP) is 2.15. The van der Waals surface area contributed by atoms with Crippen molar-refractivity contribution in [2.75, 3.05) is 0 Å². The normalized spacial score (nSPS) is 10.7. The Bertz CT molecular complexity index is 197. The molecule has 10 heavy (non-hydrogen) atoms. The summed E-state index contributed by atoms with van der Waals surface area (Å²) in [6.07, 6.45) is 3.33. The molecule has 0 amide bonds. The lowest BCUT2D eigenvalue weighted by molar-refractivity contribution is 1.30. The van der Waals surface area contributed by atoms with Gasteiger partial charge in [0.25, 0.3) is 0 Å². The van der Waals surface area contributed by atoms with Gasteiger partial charge in [0.05, 0.1) is 0 Å². The topological polar surface area (TPSA) is 26.0 Å². The van der Waals surface area contributed by atoms with Gasteiger partial charge in [-0.15, -0.1) is 0 Å². The lowest BCUT2D eigenvalue weighted by Crippen LogP contribution is -1.99. The highest BCUT2D eigenvalue weighted by Crippen LogP contribution is 2.09. The van der Waals surface area contributed by atoms with Gasteiger partial charge in [-0.2, -0.15) is 0 Å². The summed E-state index contributed by atoms with van der Waals surface area (Å²) in [5, 5.41) is 0. The van der Waals surface area contributed by atoms with E-state index in [0.717, 1.165) is 11.1 Å².